The summed E-state index contributed by atoms with van der Waals surface area (Å²) in [4.78, 5) is 23.9. The number of benzene rings is 1. The number of amides is 1. The number of carbonyl (C=O) groups is 1. The highest BCUT2D eigenvalue weighted by Gasteiger charge is 2.28. The van der Waals surface area contributed by atoms with E-state index in [1.54, 1.807) is 24.0 Å². The number of hydrogen-bond donors (Lipinski definition) is 1. The van der Waals surface area contributed by atoms with Gasteiger partial charge < -0.3 is 15.0 Å². The maximum absolute atomic E-state index is 13.3. The van der Waals surface area contributed by atoms with Gasteiger partial charge in [-0.2, -0.15) is 0 Å². The van der Waals surface area contributed by atoms with E-state index < -0.39 is 6.10 Å². The quantitative estimate of drug-likeness (QED) is 0.877. The summed E-state index contributed by atoms with van der Waals surface area (Å²) in [6, 6.07) is 5.84. The number of carbonyl (C=O) groups excluding carboxylic acids is 1. The minimum atomic E-state index is -0.683. The topological polar surface area (TPSA) is 67.3 Å². The molecule has 1 N–H and O–H groups in total. The lowest BCUT2D eigenvalue weighted by Crippen LogP contribution is -2.43. The summed E-state index contributed by atoms with van der Waals surface area (Å²) in [7, 11) is 0. The maximum atomic E-state index is 13.3. The largest absolute Gasteiger partial charge is 0.481 e. The van der Waals surface area contributed by atoms with Crippen LogP contribution in [0.2, 0.25) is 0 Å². The van der Waals surface area contributed by atoms with Gasteiger partial charge in [0, 0.05) is 49.8 Å². The second kappa shape index (κ2) is 8.22. The number of aromatic nitrogens is 2. The number of nitrogens with zero attached hydrogens (tertiary/aromatic N) is 3. The fourth-order valence-corrected chi connectivity index (χ4v) is 3.84. The van der Waals surface area contributed by atoms with Crippen LogP contribution in [0, 0.1) is 5.82 Å². The molecular formula is C21H25FN4O2. The van der Waals surface area contributed by atoms with Crippen LogP contribution in [-0.4, -0.2) is 46.5 Å². The Balaban J connectivity index is 1.41. The van der Waals surface area contributed by atoms with Gasteiger partial charge in [-0.1, -0.05) is 6.07 Å². The van der Waals surface area contributed by atoms with Crippen molar-refractivity contribution in [3.8, 4) is 5.75 Å². The van der Waals surface area contributed by atoms with Crippen molar-refractivity contribution in [2.45, 2.75) is 44.8 Å². The van der Waals surface area contributed by atoms with Crippen LogP contribution in [-0.2, 0) is 17.8 Å². The fraction of sp³-hybridized carbons (Fsp3) is 0.476. The predicted molar refractivity (Wildman–Crippen MR) is 102 cm³/mol. The third-order valence-corrected chi connectivity index (χ3v) is 5.38. The second-order valence-corrected chi connectivity index (χ2v) is 7.47. The molecular weight excluding hydrogens is 359 g/mol. The van der Waals surface area contributed by atoms with Crippen molar-refractivity contribution in [1.29, 1.82) is 0 Å². The Hall–Kier alpha value is -2.54. The molecule has 1 amide bonds. The highest BCUT2D eigenvalue weighted by Crippen LogP contribution is 2.24. The highest BCUT2D eigenvalue weighted by atomic mass is 19.1. The van der Waals surface area contributed by atoms with Crippen LogP contribution < -0.4 is 10.1 Å². The van der Waals surface area contributed by atoms with Gasteiger partial charge in [-0.25, -0.2) is 14.4 Å². The summed E-state index contributed by atoms with van der Waals surface area (Å²) in [6.07, 6.45) is 4.16. The Morgan fingerprint density at radius 2 is 2.32 bits per heavy atom. The Bertz CT molecular complexity index is 854. The third-order valence-electron chi connectivity index (χ3n) is 5.38. The van der Waals surface area contributed by atoms with Crippen molar-refractivity contribution in [2.75, 3.05) is 19.6 Å². The van der Waals surface area contributed by atoms with Crippen molar-refractivity contribution >= 4 is 5.91 Å². The predicted octanol–water partition coefficient (Wildman–Crippen LogP) is 2.43. The van der Waals surface area contributed by atoms with Gasteiger partial charge in [0.2, 0.25) is 0 Å². The smallest absolute Gasteiger partial charge is 0.263 e. The van der Waals surface area contributed by atoms with Gasteiger partial charge in [-0.3, -0.25) is 4.79 Å². The average Bonchev–Trinajstić information content (AvgIpc) is 2.73. The Morgan fingerprint density at radius 3 is 3.11 bits per heavy atom. The zero-order chi connectivity index (χ0) is 19.5. The number of rotatable bonds is 4. The molecule has 28 heavy (non-hydrogen) atoms. The van der Waals surface area contributed by atoms with Crippen LogP contribution in [0.25, 0.3) is 0 Å². The number of hydrogen-bond acceptors (Lipinski definition) is 5. The zero-order valence-corrected chi connectivity index (χ0v) is 16.0. The van der Waals surface area contributed by atoms with Crippen molar-refractivity contribution in [2.24, 2.45) is 0 Å². The molecule has 1 aromatic heterocycles. The molecule has 148 valence electrons. The lowest BCUT2D eigenvalue weighted by atomic mass is 9.98. The monoisotopic (exact) mass is 384 g/mol. The van der Waals surface area contributed by atoms with E-state index in [1.807, 2.05) is 6.20 Å². The molecule has 2 aliphatic heterocycles. The molecule has 0 bridgehead atoms. The van der Waals surface area contributed by atoms with E-state index in [-0.39, 0.29) is 11.7 Å². The fourth-order valence-electron chi connectivity index (χ4n) is 3.84. The van der Waals surface area contributed by atoms with Gasteiger partial charge in [0.25, 0.3) is 5.91 Å². The van der Waals surface area contributed by atoms with Gasteiger partial charge in [-0.15, -0.1) is 0 Å². The molecule has 2 aliphatic rings. The Labute approximate surface area is 164 Å². The molecule has 3 heterocycles. The number of ether oxygens (including phenoxy) is 1. The molecule has 0 saturated carbocycles. The molecule has 6 nitrogen and oxygen atoms in total. The summed E-state index contributed by atoms with van der Waals surface area (Å²) >= 11 is 0. The molecule has 1 saturated heterocycles. The van der Waals surface area contributed by atoms with Gasteiger partial charge in [0.05, 0.1) is 5.69 Å². The number of piperidine rings is 1. The summed E-state index contributed by atoms with van der Waals surface area (Å²) in [5.74, 6) is 1.14. The highest BCUT2D eigenvalue weighted by molar-refractivity contribution is 5.81. The molecule has 7 heteroatoms. The first-order valence-electron chi connectivity index (χ1n) is 9.86. The van der Waals surface area contributed by atoms with Crippen LogP contribution in [0.15, 0.2) is 30.5 Å². The van der Waals surface area contributed by atoms with E-state index in [1.165, 1.54) is 12.1 Å². The third kappa shape index (κ3) is 4.14. The first kappa shape index (κ1) is 18.8. The van der Waals surface area contributed by atoms with Crippen molar-refractivity contribution in [1.82, 2.24) is 20.2 Å². The van der Waals surface area contributed by atoms with Crippen LogP contribution in [0.3, 0.4) is 0 Å². The molecule has 2 aromatic rings. The van der Waals surface area contributed by atoms with Gasteiger partial charge >= 0.3 is 0 Å². The van der Waals surface area contributed by atoms with Crippen LogP contribution in [0.1, 0.15) is 42.8 Å². The summed E-state index contributed by atoms with van der Waals surface area (Å²) in [5, 5.41) is 3.40. The molecule has 1 aromatic carbocycles. The first-order valence-corrected chi connectivity index (χ1v) is 9.86. The standard InChI is InChI=1S/C21H25FN4O2/c1-14(28-18-6-2-5-17(22)10-18)21(27)26-9-7-19-16(13-26)12-24-20(25-19)15-4-3-8-23-11-15/h2,5-6,10,12,14-15,23H,3-4,7-9,11,13H2,1H3. The molecule has 0 spiro atoms. The summed E-state index contributed by atoms with van der Waals surface area (Å²) in [5.41, 5.74) is 2.03. The molecule has 0 radical (unpaired) electrons. The Morgan fingerprint density at radius 1 is 1.43 bits per heavy atom. The number of halogens is 1. The average molecular weight is 384 g/mol. The minimum Gasteiger partial charge on any atom is -0.481 e. The summed E-state index contributed by atoms with van der Waals surface area (Å²) < 4.78 is 18.9. The van der Waals surface area contributed by atoms with E-state index in [0.717, 1.165) is 43.0 Å². The molecule has 2 unspecified atom stereocenters. The van der Waals surface area contributed by atoms with Crippen molar-refractivity contribution < 1.29 is 13.9 Å². The number of fused-ring (bicyclic) bond motifs is 1. The maximum Gasteiger partial charge on any atom is 0.263 e. The van der Waals surface area contributed by atoms with E-state index in [9.17, 15) is 9.18 Å². The molecule has 0 aliphatic carbocycles. The molecule has 1 fully saturated rings. The van der Waals surface area contributed by atoms with Crippen LogP contribution >= 0.6 is 0 Å². The van der Waals surface area contributed by atoms with Gasteiger partial charge in [-0.05, 0) is 38.4 Å². The lowest BCUT2D eigenvalue weighted by molar-refractivity contribution is -0.138. The zero-order valence-electron chi connectivity index (χ0n) is 16.0. The molecule has 2 atom stereocenters. The first-order chi connectivity index (χ1) is 13.6. The second-order valence-electron chi connectivity index (χ2n) is 7.47. The van der Waals surface area contributed by atoms with Crippen LogP contribution in [0.4, 0.5) is 4.39 Å². The van der Waals surface area contributed by atoms with E-state index in [0.29, 0.717) is 31.2 Å². The van der Waals surface area contributed by atoms with E-state index in [2.05, 4.69) is 10.3 Å². The van der Waals surface area contributed by atoms with E-state index in [4.69, 9.17) is 9.72 Å². The SMILES string of the molecule is CC(Oc1cccc(F)c1)C(=O)N1CCc2nc(C3CCCNC3)ncc2C1. The van der Waals surface area contributed by atoms with Gasteiger partial charge in [0.1, 0.15) is 17.4 Å². The van der Waals surface area contributed by atoms with Crippen LogP contribution in [0.5, 0.6) is 5.75 Å². The van der Waals surface area contributed by atoms with Crippen molar-refractivity contribution in [3.63, 3.8) is 0 Å². The summed E-state index contributed by atoms with van der Waals surface area (Å²) in [6.45, 7) is 4.77. The normalized spacial score (nSPS) is 20.4. The lowest BCUT2D eigenvalue weighted by Gasteiger charge is -2.31. The Kier molecular flexibility index (Phi) is 5.52. The minimum absolute atomic E-state index is 0.115. The van der Waals surface area contributed by atoms with Gasteiger partial charge in [0.15, 0.2) is 6.10 Å². The van der Waals surface area contributed by atoms with Crippen molar-refractivity contribution in [3.05, 3.63) is 53.4 Å². The number of nitrogens with one attached hydrogen (secondary N) is 1. The van der Waals surface area contributed by atoms with E-state index >= 15 is 0 Å². The molecule has 4 rings (SSSR count).